The van der Waals surface area contributed by atoms with Crippen LogP contribution in [0.15, 0.2) is 54.1 Å². The average molecular weight is 354 g/mol. The monoisotopic (exact) mass is 353 g/mol. The second-order valence-corrected chi connectivity index (χ2v) is 5.52. The number of rotatable bonds is 4. The molecule has 1 fully saturated rings. The number of nitrogens with one attached hydrogen (secondary N) is 1. The third-order valence-corrected chi connectivity index (χ3v) is 3.76. The first kappa shape index (κ1) is 16.6. The zero-order valence-corrected chi connectivity index (χ0v) is 13.7. The Morgan fingerprint density at radius 1 is 1.20 bits per heavy atom. The van der Waals surface area contributed by atoms with E-state index in [9.17, 15) is 9.59 Å². The highest BCUT2D eigenvalue weighted by Crippen LogP contribution is 2.27. The van der Waals surface area contributed by atoms with Crippen LogP contribution in [0, 0.1) is 11.3 Å². The summed E-state index contributed by atoms with van der Waals surface area (Å²) in [6, 6.07) is 15.5. The molecule has 0 atom stereocenters. The molecule has 2 amide bonds. The van der Waals surface area contributed by atoms with Gasteiger partial charge >= 0.3 is 0 Å². The maximum atomic E-state index is 12.5. The number of amides is 2. The molecule has 124 valence electrons. The van der Waals surface area contributed by atoms with Gasteiger partial charge < -0.3 is 4.74 Å². The van der Waals surface area contributed by atoms with E-state index in [1.165, 1.54) is 11.1 Å². The zero-order valence-electron chi connectivity index (χ0n) is 12.9. The molecule has 1 aliphatic rings. The van der Waals surface area contributed by atoms with Crippen LogP contribution in [-0.4, -0.2) is 18.4 Å². The van der Waals surface area contributed by atoms with Crippen molar-refractivity contribution >= 4 is 35.2 Å². The molecule has 0 unspecified atom stereocenters. The van der Waals surface area contributed by atoms with Crippen molar-refractivity contribution in [2.45, 2.75) is 0 Å². The first-order chi connectivity index (χ1) is 12.1. The fraction of sp³-hybridized carbons (Fsp3) is 0.0556. The van der Waals surface area contributed by atoms with Gasteiger partial charge in [-0.3, -0.25) is 15.0 Å². The van der Waals surface area contributed by atoms with Gasteiger partial charge in [-0.2, -0.15) is 5.26 Å². The third kappa shape index (κ3) is 3.47. The van der Waals surface area contributed by atoms with Crippen molar-refractivity contribution in [3.63, 3.8) is 0 Å². The Morgan fingerprint density at radius 3 is 2.64 bits per heavy atom. The molecule has 2 aromatic carbocycles. The molecule has 1 aliphatic heterocycles. The zero-order chi connectivity index (χ0) is 17.8. The van der Waals surface area contributed by atoms with E-state index in [0.717, 1.165) is 0 Å². The van der Waals surface area contributed by atoms with Gasteiger partial charge in [0.1, 0.15) is 17.4 Å². The molecule has 0 spiro atoms. The van der Waals surface area contributed by atoms with Gasteiger partial charge in [0, 0.05) is 0 Å². The number of nitriles is 1. The molecule has 7 heteroatoms. The van der Waals surface area contributed by atoms with Crippen LogP contribution in [0.4, 0.5) is 5.69 Å². The molecule has 2 aromatic rings. The number of carbonyl (C=O) groups excluding carboxylic acids is 2. The predicted octanol–water partition coefficient (Wildman–Crippen LogP) is 2.70. The summed E-state index contributed by atoms with van der Waals surface area (Å²) in [7, 11) is 0. The van der Waals surface area contributed by atoms with Crippen LogP contribution in [0.1, 0.15) is 5.56 Å². The Hall–Kier alpha value is -3.30. The summed E-state index contributed by atoms with van der Waals surface area (Å²) in [4.78, 5) is 24.6. The van der Waals surface area contributed by atoms with Crippen molar-refractivity contribution in [3.05, 3.63) is 64.7 Å². The van der Waals surface area contributed by atoms with Crippen LogP contribution in [0.5, 0.6) is 5.75 Å². The number of hydrogen-bond donors (Lipinski definition) is 1. The Balaban J connectivity index is 1.86. The smallest absolute Gasteiger partial charge is 0.282 e. The second kappa shape index (κ2) is 7.07. The van der Waals surface area contributed by atoms with Gasteiger partial charge in [0.05, 0.1) is 10.7 Å². The van der Waals surface area contributed by atoms with Crippen molar-refractivity contribution in [2.24, 2.45) is 0 Å². The molecule has 0 bridgehead atoms. The summed E-state index contributed by atoms with van der Waals surface area (Å²) in [6.45, 7) is -0.118. The number of hydrogen-bond acceptors (Lipinski definition) is 4. The Morgan fingerprint density at radius 2 is 1.96 bits per heavy atom. The minimum absolute atomic E-state index is 0.00520. The molecule has 25 heavy (non-hydrogen) atoms. The van der Waals surface area contributed by atoms with Gasteiger partial charge in [-0.05, 0) is 35.9 Å². The van der Waals surface area contributed by atoms with Crippen LogP contribution < -0.4 is 15.2 Å². The van der Waals surface area contributed by atoms with Crippen LogP contribution >= 0.6 is 11.6 Å². The fourth-order valence-electron chi connectivity index (χ4n) is 2.32. The fourth-order valence-corrected chi connectivity index (χ4v) is 2.56. The van der Waals surface area contributed by atoms with Gasteiger partial charge in [0.15, 0.2) is 6.61 Å². The molecular formula is C18H12ClN3O3. The molecule has 3 rings (SSSR count). The molecule has 0 aromatic heterocycles. The summed E-state index contributed by atoms with van der Waals surface area (Å²) in [5.74, 6) is -0.578. The lowest BCUT2D eigenvalue weighted by atomic mass is 10.1. The SMILES string of the molecule is N#CCOc1ccc(C=C2C(=O)NN(c3ccccc3)C2=O)cc1Cl. The first-order valence-corrected chi connectivity index (χ1v) is 7.69. The van der Waals surface area contributed by atoms with E-state index in [2.05, 4.69) is 5.43 Å². The molecule has 6 nitrogen and oxygen atoms in total. The minimum atomic E-state index is -0.491. The van der Waals surface area contributed by atoms with Crippen LogP contribution in [0.3, 0.4) is 0 Å². The molecule has 1 saturated heterocycles. The van der Waals surface area contributed by atoms with E-state index in [1.54, 1.807) is 42.5 Å². The highest BCUT2D eigenvalue weighted by molar-refractivity contribution is 6.33. The standard InChI is InChI=1S/C18H12ClN3O3/c19-15-11-12(6-7-16(15)25-9-8-20)10-14-17(23)21-22(18(14)24)13-4-2-1-3-5-13/h1-7,10-11H,9H2,(H,21,23). The number of nitrogens with zero attached hydrogens (tertiary/aromatic N) is 2. The maximum absolute atomic E-state index is 12.5. The largest absolute Gasteiger partial charge is 0.477 e. The number of hydrazine groups is 1. The lowest BCUT2D eigenvalue weighted by Crippen LogP contribution is -2.35. The molecule has 1 heterocycles. The summed E-state index contributed by atoms with van der Waals surface area (Å²) in [5.41, 5.74) is 3.68. The van der Waals surface area contributed by atoms with E-state index >= 15 is 0 Å². The lowest BCUT2D eigenvalue weighted by molar-refractivity contribution is -0.117. The second-order valence-electron chi connectivity index (χ2n) is 5.11. The number of halogens is 1. The van der Waals surface area contributed by atoms with Crippen molar-refractivity contribution in [3.8, 4) is 11.8 Å². The van der Waals surface area contributed by atoms with Crippen LogP contribution in [-0.2, 0) is 9.59 Å². The van der Waals surface area contributed by atoms with Crippen molar-refractivity contribution in [2.75, 3.05) is 11.6 Å². The molecule has 0 aliphatic carbocycles. The predicted molar refractivity (Wildman–Crippen MR) is 92.6 cm³/mol. The maximum Gasteiger partial charge on any atom is 0.282 e. The molecular weight excluding hydrogens is 342 g/mol. The third-order valence-electron chi connectivity index (χ3n) is 3.47. The Labute approximate surface area is 148 Å². The molecule has 0 saturated carbocycles. The number of anilines is 1. The molecule has 1 N–H and O–H groups in total. The topological polar surface area (TPSA) is 82.4 Å². The van der Waals surface area contributed by atoms with E-state index in [-0.39, 0.29) is 17.2 Å². The van der Waals surface area contributed by atoms with Crippen LogP contribution in [0.25, 0.3) is 6.08 Å². The minimum Gasteiger partial charge on any atom is -0.477 e. The van der Waals surface area contributed by atoms with Gasteiger partial charge in [-0.15, -0.1) is 0 Å². The lowest BCUT2D eigenvalue weighted by Gasteiger charge is -2.13. The van der Waals surface area contributed by atoms with Crippen molar-refractivity contribution in [1.82, 2.24) is 5.43 Å². The van der Waals surface area contributed by atoms with Crippen molar-refractivity contribution in [1.29, 1.82) is 5.26 Å². The number of para-hydroxylation sites is 1. The summed E-state index contributed by atoms with van der Waals surface area (Å²) in [6.07, 6.45) is 1.46. The number of benzene rings is 2. The van der Waals surface area contributed by atoms with Gasteiger partial charge in [-0.1, -0.05) is 35.9 Å². The van der Waals surface area contributed by atoms with E-state index in [1.807, 2.05) is 12.1 Å². The van der Waals surface area contributed by atoms with Gasteiger partial charge in [0.25, 0.3) is 11.8 Å². The summed E-state index contributed by atoms with van der Waals surface area (Å²) < 4.78 is 5.16. The average Bonchev–Trinajstić information content (AvgIpc) is 2.90. The molecule has 0 radical (unpaired) electrons. The highest BCUT2D eigenvalue weighted by atomic mass is 35.5. The summed E-state index contributed by atoms with van der Waals surface area (Å²) >= 11 is 6.09. The summed E-state index contributed by atoms with van der Waals surface area (Å²) in [5, 5.41) is 10.0. The first-order valence-electron chi connectivity index (χ1n) is 7.31. The normalized spacial score (nSPS) is 15.2. The van der Waals surface area contributed by atoms with E-state index in [4.69, 9.17) is 21.6 Å². The Kier molecular flexibility index (Phi) is 4.68. The van der Waals surface area contributed by atoms with Gasteiger partial charge in [-0.25, -0.2) is 5.01 Å². The van der Waals surface area contributed by atoms with Gasteiger partial charge in [0.2, 0.25) is 0 Å². The number of carbonyl (C=O) groups is 2. The van der Waals surface area contributed by atoms with E-state index in [0.29, 0.717) is 17.0 Å². The van der Waals surface area contributed by atoms with E-state index < -0.39 is 11.8 Å². The van der Waals surface area contributed by atoms with Crippen LogP contribution in [0.2, 0.25) is 5.02 Å². The highest BCUT2D eigenvalue weighted by Gasteiger charge is 2.34. The van der Waals surface area contributed by atoms with Crippen molar-refractivity contribution < 1.29 is 14.3 Å². The Bertz CT molecular complexity index is 904. The quantitative estimate of drug-likeness (QED) is 0.676. The number of ether oxygens (including phenoxy) is 1.